The Hall–Kier alpha value is -4.54. The summed E-state index contributed by atoms with van der Waals surface area (Å²) in [6.07, 6.45) is -3.73. The molecule has 2 nitrogen and oxygen atoms in total. The normalized spacial score (nSPS) is 11.8. The van der Waals surface area contributed by atoms with E-state index in [0.29, 0.717) is 36.2 Å². The molecule has 0 unspecified atom stereocenters. The molecule has 42 heavy (non-hydrogen) atoms. The second kappa shape index (κ2) is 12.1. The lowest BCUT2D eigenvalue weighted by Crippen LogP contribution is -2.11. The summed E-state index contributed by atoms with van der Waals surface area (Å²) in [6, 6.07) is 9.19. The number of halogens is 9. The van der Waals surface area contributed by atoms with Crippen LogP contribution in [0.15, 0.2) is 66.7 Å². The quantitative estimate of drug-likeness (QED) is 0.121. The molecule has 4 rings (SSSR count). The Balaban J connectivity index is 1.59. The monoisotopic (exact) mass is 594 g/mol. The molecule has 0 N–H and O–H groups in total. The third-order valence-corrected chi connectivity index (χ3v) is 6.10. The summed E-state index contributed by atoms with van der Waals surface area (Å²) >= 11 is 0. The van der Waals surface area contributed by atoms with Crippen molar-refractivity contribution < 1.29 is 49.0 Å². The molecule has 0 radical (unpaired) electrons. The number of esters is 1. The molecule has 11 heteroatoms. The maximum Gasteiger partial charge on any atom is 0.409 e. The Morgan fingerprint density at radius 3 is 1.90 bits per heavy atom. The highest BCUT2D eigenvalue weighted by Crippen LogP contribution is 2.35. The Morgan fingerprint density at radius 2 is 1.36 bits per heavy atom. The summed E-state index contributed by atoms with van der Waals surface area (Å²) in [5.41, 5.74) is -2.97. The van der Waals surface area contributed by atoms with Crippen molar-refractivity contribution in [2.75, 3.05) is 0 Å². The zero-order chi connectivity index (χ0) is 30.8. The van der Waals surface area contributed by atoms with Crippen LogP contribution in [0.3, 0.4) is 0 Å². The molecular formula is C31H19F9O2. The number of ether oxygens (including phenoxy) is 1. The summed E-state index contributed by atoms with van der Waals surface area (Å²) < 4.78 is 130. The Kier molecular flexibility index (Phi) is 8.79. The summed E-state index contributed by atoms with van der Waals surface area (Å²) in [5.74, 6) is -8.99. The maximum absolute atomic E-state index is 15.0. The van der Waals surface area contributed by atoms with Crippen LogP contribution in [-0.2, 0) is 6.42 Å². The molecule has 0 saturated carbocycles. The predicted octanol–water partition coefficient (Wildman–Crippen LogP) is 9.60. The molecule has 218 valence electrons. The fraction of sp³-hybridized carbons (Fsp3) is 0.129. The fourth-order valence-electron chi connectivity index (χ4n) is 4.19. The Morgan fingerprint density at radius 1 is 0.738 bits per heavy atom. The molecule has 0 bridgehead atoms. The van der Waals surface area contributed by atoms with E-state index < -0.39 is 69.8 Å². The first-order chi connectivity index (χ1) is 19.8. The largest absolute Gasteiger partial charge is 0.423 e. The van der Waals surface area contributed by atoms with Crippen molar-refractivity contribution in [3.8, 4) is 28.0 Å². The molecule has 0 amide bonds. The molecule has 0 saturated heterocycles. The number of aryl methyl sites for hydroxylation is 1. The number of hydrogen-bond donors (Lipinski definition) is 0. The molecule has 0 atom stereocenters. The average Bonchev–Trinajstić information content (AvgIpc) is 2.87. The lowest BCUT2D eigenvalue weighted by Gasteiger charge is -2.12. The van der Waals surface area contributed by atoms with E-state index in [1.807, 2.05) is 6.92 Å². The summed E-state index contributed by atoms with van der Waals surface area (Å²) in [4.78, 5) is 12.4. The topological polar surface area (TPSA) is 26.3 Å². The lowest BCUT2D eigenvalue weighted by molar-refractivity contribution is -0.0790. The SMILES string of the molecule is CCCc1ccc(C(=O)Oc2ccc(-c3cc(F)c(-c4cc(F)c(/C=C/C(F)(F)F)c(F)c4)c(F)c3)c(F)c2)c(F)c1. The van der Waals surface area contributed by atoms with Gasteiger partial charge in [0.2, 0.25) is 0 Å². The van der Waals surface area contributed by atoms with Crippen LogP contribution in [0.4, 0.5) is 39.5 Å². The van der Waals surface area contributed by atoms with Gasteiger partial charge in [0.15, 0.2) is 0 Å². The number of carbonyl (C=O) groups excluding carboxylic acids is 1. The minimum Gasteiger partial charge on any atom is -0.423 e. The maximum atomic E-state index is 15.0. The van der Waals surface area contributed by atoms with Gasteiger partial charge in [-0.2, -0.15) is 13.2 Å². The van der Waals surface area contributed by atoms with Gasteiger partial charge in [0.05, 0.1) is 11.1 Å². The van der Waals surface area contributed by atoms with Crippen LogP contribution < -0.4 is 4.74 Å². The van der Waals surface area contributed by atoms with Crippen LogP contribution in [0.5, 0.6) is 5.75 Å². The first-order valence-electron chi connectivity index (χ1n) is 12.3. The molecule has 0 aliphatic rings. The standard InChI is InChI=1S/C31H19F9O2/c1-2-3-16-4-6-22(23(32)10-16)30(41)42-19-5-7-20(26(35)15-19)17-11-27(36)29(28(37)12-17)18-13-24(33)21(25(34)14-18)8-9-31(38,39)40/h4-15H,2-3H2,1H3/b9-8+. The summed E-state index contributed by atoms with van der Waals surface area (Å²) in [5, 5.41) is 0. The number of benzene rings is 4. The van der Waals surface area contributed by atoms with Crippen LogP contribution in [0.2, 0.25) is 0 Å². The lowest BCUT2D eigenvalue weighted by atomic mass is 9.97. The molecule has 0 aliphatic carbocycles. The van der Waals surface area contributed by atoms with Crippen molar-refractivity contribution in [1.82, 2.24) is 0 Å². The van der Waals surface area contributed by atoms with Crippen molar-refractivity contribution >= 4 is 12.0 Å². The molecule has 4 aromatic rings. The van der Waals surface area contributed by atoms with Gasteiger partial charge >= 0.3 is 12.1 Å². The average molecular weight is 594 g/mol. The van der Waals surface area contributed by atoms with Gasteiger partial charge < -0.3 is 4.74 Å². The van der Waals surface area contributed by atoms with Gasteiger partial charge in [-0.25, -0.2) is 31.1 Å². The number of allylic oxidation sites excluding steroid dienone is 1. The van der Waals surface area contributed by atoms with Gasteiger partial charge in [-0.1, -0.05) is 19.4 Å². The molecule has 0 aromatic heterocycles. The third kappa shape index (κ3) is 6.84. The highest BCUT2D eigenvalue weighted by Gasteiger charge is 2.24. The minimum atomic E-state index is -4.85. The van der Waals surface area contributed by atoms with Crippen molar-refractivity contribution in [3.63, 3.8) is 0 Å². The molecule has 0 heterocycles. The van der Waals surface area contributed by atoms with Gasteiger partial charge in [-0.15, -0.1) is 0 Å². The first-order valence-corrected chi connectivity index (χ1v) is 12.3. The van der Waals surface area contributed by atoms with Crippen molar-refractivity contribution in [2.24, 2.45) is 0 Å². The van der Waals surface area contributed by atoms with Crippen molar-refractivity contribution in [3.05, 3.63) is 118 Å². The van der Waals surface area contributed by atoms with E-state index in [0.717, 1.165) is 24.6 Å². The van der Waals surface area contributed by atoms with E-state index in [2.05, 4.69) is 0 Å². The van der Waals surface area contributed by atoms with Crippen molar-refractivity contribution in [1.29, 1.82) is 0 Å². The van der Waals surface area contributed by atoms with E-state index in [1.165, 1.54) is 12.1 Å². The fourth-order valence-corrected chi connectivity index (χ4v) is 4.19. The first kappa shape index (κ1) is 30.4. The van der Waals surface area contributed by atoms with E-state index in [1.54, 1.807) is 6.07 Å². The zero-order valence-electron chi connectivity index (χ0n) is 21.6. The van der Waals surface area contributed by atoms with E-state index in [9.17, 15) is 44.3 Å². The van der Waals surface area contributed by atoms with Gasteiger partial charge in [-0.05, 0) is 77.7 Å². The predicted molar refractivity (Wildman–Crippen MR) is 138 cm³/mol. The molecule has 0 fully saturated rings. The summed E-state index contributed by atoms with van der Waals surface area (Å²) in [7, 11) is 0. The van der Waals surface area contributed by atoms with Crippen molar-refractivity contribution in [2.45, 2.75) is 25.9 Å². The van der Waals surface area contributed by atoms with E-state index in [4.69, 9.17) is 4.74 Å². The van der Waals surface area contributed by atoms with Gasteiger partial charge in [0.1, 0.15) is 40.7 Å². The summed E-state index contributed by atoms with van der Waals surface area (Å²) in [6.45, 7) is 1.90. The van der Waals surface area contributed by atoms with Crippen LogP contribution >= 0.6 is 0 Å². The minimum absolute atomic E-state index is 0.146. The van der Waals surface area contributed by atoms with Crippen LogP contribution in [-0.4, -0.2) is 12.1 Å². The molecule has 0 aliphatic heterocycles. The Bertz CT molecular complexity index is 1640. The second-order valence-corrected chi connectivity index (χ2v) is 9.14. The van der Waals surface area contributed by atoms with Gasteiger partial charge in [-0.3, -0.25) is 0 Å². The highest BCUT2D eigenvalue weighted by atomic mass is 19.4. The zero-order valence-corrected chi connectivity index (χ0v) is 21.6. The number of rotatable bonds is 7. The van der Waals surface area contributed by atoms with Gasteiger partial charge in [0, 0.05) is 23.3 Å². The van der Waals surface area contributed by atoms with Crippen LogP contribution in [0, 0.1) is 34.9 Å². The Labute approximate surface area is 233 Å². The van der Waals surface area contributed by atoms with Crippen LogP contribution in [0.1, 0.15) is 34.8 Å². The third-order valence-electron chi connectivity index (χ3n) is 6.10. The smallest absolute Gasteiger partial charge is 0.409 e. The van der Waals surface area contributed by atoms with E-state index >= 15 is 0 Å². The molecule has 0 spiro atoms. The van der Waals surface area contributed by atoms with Crippen LogP contribution in [0.25, 0.3) is 28.3 Å². The molecule has 4 aromatic carbocycles. The highest BCUT2D eigenvalue weighted by molar-refractivity contribution is 5.91. The molecular weight excluding hydrogens is 575 g/mol. The van der Waals surface area contributed by atoms with Gasteiger partial charge in [0.25, 0.3) is 0 Å². The number of carbonyl (C=O) groups is 1. The number of hydrogen-bond acceptors (Lipinski definition) is 2. The van der Waals surface area contributed by atoms with E-state index in [-0.39, 0.29) is 28.5 Å². The number of alkyl halides is 3. The second-order valence-electron chi connectivity index (χ2n) is 9.14.